The first kappa shape index (κ1) is 45.5. The summed E-state index contributed by atoms with van der Waals surface area (Å²) in [6.07, 6.45) is 5.23. The number of benzene rings is 2. The highest BCUT2D eigenvalue weighted by molar-refractivity contribution is 5.92. The van der Waals surface area contributed by atoms with Crippen LogP contribution in [0, 0.1) is 5.41 Å². The summed E-state index contributed by atoms with van der Waals surface area (Å²) >= 11 is 0. The molecule has 0 atom stereocenters. The highest BCUT2D eigenvalue weighted by Crippen LogP contribution is 2.32. The van der Waals surface area contributed by atoms with Crippen LogP contribution >= 0.6 is 0 Å². The van der Waals surface area contributed by atoms with Gasteiger partial charge in [0.2, 0.25) is 0 Å². The van der Waals surface area contributed by atoms with Crippen LogP contribution < -0.4 is 9.47 Å². The van der Waals surface area contributed by atoms with Gasteiger partial charge in [0, 0.05) is 59.4 Å². The molecule has 4 aromatic rings. The van der Waals surface area contributed by atoms with Crippen LogP contribution in [0.1, 0.15) is 99.6 Å². The van der Waals surface area contributed by atoms with Crippen molar-refractivity contribution >= 4 is 45.7 Å². The average molecular weight is 751 g/mol. The van der Waals surface area contributed by atoms with E-state index in [1.54, 1.807) is 26.0 Å². The number of H-pyrrole nitrogens is 2. The summed E-state index contributed by atoms with van der Waals surface area (Å²) in [5.41, 5.74) is 3.38. The number of fused-ring (bicyclic) bond motifs is 2. The lowest BCUT2D eigenvalue weighted by Crippen LogP contribution is -2.38. The lowest BCUT2D eigenvalue weighted by Gasteiger charge is -2.30. The molecule has 0 fully saturated rings. The van der Waals surface area contributed by atoms with Gasteiger partial charge >= 0.3 is 23.9 Å². The van der Waals surface area contributed by atoms with Gasteiger partial charge in [-0.1, -0.05) is 47.3 Å². The van der Waals surface area contributed by atoms with E-state index in [-0.39, 0.29) is 33.1 Å². The molecule has 0 bridgehead atoms. The predicted molar refractivity (Wildman–Crippen MR) is 214 cm³/mol. The van der Waals surface area contributed by atoms with Crippen molar-refractivity contribution in [1.29, 1.82) is 0 Å². The first-order valence-electron chi connectivity index (χ1n) is 18.6. The second-order valence-electron chi connectivity index (χ2n) is 14.7. The van der Waals surface area contributed by atoms with E-state index in [1.165, 1.54) is 0 Å². The monoisotopic (exact) mass is 750 g/mol. The molecule has 12 nitrogen and oxygen atoms in total. The molecule has 0 aliphatic heterocycles. The highest BCUT2D eigenvalue weighted by Gasteiger charge is 2.27. The normalized spacial score (nSPS) is 11.6. The van der Waals surface area contributed by atoms with Crippen molar-refractivity contribution in [3.63, 3.8) is 0 Å². The zero-order chi connectivity index (χ0) is 39.3. The number of carboxylic acid groups (broad SMARTS) is 2. The van der Waals surface area contributed by atoms with E-state index in [2.05, 4.69) is 61.3 Å². The molecule has 54 heavy (non-hydrogen) atoms. The van der Waals surface area contributed by atoms with E-state index in [9.17, 15) is 19.2 Å². The molecule has 298 valence electrons. The molecule has 0 saturated carbocycles. The minimum absolute atomic E-state index is 0. The van der Waals surface area contributed by atoms with Gasteiger partial charge in [0.1, 0.15) is 11.5 Å². The number of hydrogen-bond donors (Lipinski definition) is 4. The van der Waals surface area contributed by atoms with Crippen LogP contribution in [0.2, 0.25) is 0 Å². The number of esters is 2. The lowest BCUT2D eigenvalue weighted by molar-refractivity contribution is -0.142. The zero-order valence-corrected chi connectivity index (χ0v) is 32.6. The van der Waals surface area contributed by atoms with Crippen LogP contribution in [0.3, 0.4) is 0 Å². The van der Waals surface area contributed by atoms with Gasteiger partial charge < -0.3 is 34.6 Å². The smallest absolute Gasteiger partial charge is 0.311 e. The fourth-order valence-corrected chi connectivity index (χ4v) is 6.59. The third-order valence-electron chi connectivity index (χ3n) is 9.30. The Morgan fingerprint density at radius 2 is 1.19 bits per heavy atom. The largest absolute Gasteiger partial charge is 0.481 e. The van der Waals surface area contributed by atoms with Crippen molar-refractivity contribution in [2.45, 2.75) is 113 Å². The Morgan fingerprint density at radius 1 is 0.704 bits per heavy atom. The van der Waals surface area contributed by atoms with Crippen molar-refractivity contribution in [2.75, 3.05) is 26.2 Å². The number of likely N-dealkylation sites (N-methyl/N-ethyl adjacent to an activating group) is 1. The molecular weight excluding hydrogens is 688 g/mol. The molecule has 0 unspecified atom stereocenters. The first-order chi connectivity index (χ1) is 25.0. The van der Waals surface area contributed by atoms with Crippen molar-refractivity contribution in [3.8, 4) is 11.5 Å². The number of nitrogens with zero attached hydrogens (tertiary/aromatic N) is 2. The topological polar surface area (TPSA) is 165 Å². The molecule has 2 aromatic carbocycles. The van der Waals surface area contributed by atoms with E-state index in [0.29, 0.717) is 23.6 Å². The molecule has 4 N–H and O–H groups in total. The molecule has 12 heteroatoms. The predicted octanol–water partition coefficient (Wildman–Crippen LogP) is 8.08. The number of carbonyl (C=O) groups is 4. The quantitative estimate of drug-likeness (QED) is 0.0544. The number of carboxylic acids is 2. The number of ether oxygens (including phenoxy) is 2. The molecule has 0 amide bonds. The van der Waals surface area contributed by atoms with Crippen LogP contribution in [0.15, 0.2) is 48.8 Å². The molecule has 0 saturated heterocycles. The third-order valence-corrected chi connectivity index (χ3v) is 9.30. The molecule has 0 aliphatic carbocycles. The molecule has 0 radical (unpaired) electrons. The van der Waals surface area contributed by atoms with Gasteiger partial charge in [0.25, 0.3) is 0 Å². The summed E-state index contributed by atoms with van der Waals surface area (Å²) in [6.45, 7) is 20.4. The lowest BCUT2D eigenvalue weighted by atomic mass is 9.86. The maximum absolute atomic E-state index is 12.5. The minimum Gasteiger partial charge on any atom is -0.481 e. The Hall–Kier alpha value is -4.68. The van der Waals surface area contributed by atoms with Crippen LogP contribution in [-0.4, -0.2) is 92.1 Å². The fourth-order valence-electron chi connectivity index (χ4n) is 6.59. The van der Waals surface area contributed by atoms with Crippen molar-refractivity contribution < 1.29 is 38.9 Å². The van der Waals surface area contributed by atoms with Gasteiger partial charge in [-0.15, -0.1) is 0 Å². The number of aromatic amines is 2. The maximum Gasteiger partial charge on any atom is 0.311 e. The Labute approximate surface area is 320 Å². The second-order valence-corrected chi connectivity index (χ2v) is 14.7. The highest BCUT2D eigenvalue weighted by atomic mass is 16.5. The average Bonchev–Trinajstić information content (AvgIpc) is 3.69. The Morgan fingerprint density at radius 3 is 1.63 bits per heavy atom. The van der Waals surface area contributed by atoms with Gasteiger partial charge in [0.15, 0.2) is 0 Å². The molecule has 2 heterocycles. The number of hydrogen-bond acceptors (Lipinski definition) is 8. The first-order valence-corrected chi connectivity index (χ1v) is 18.6. The van der Waals surface area contributed by atoms with Crippen molar-refractivity contribution in [2.24, 2.45) is 5.41 Å². The van der Waals surface area contributed by atoms with E-state index in [0.717, 1.165) is 72.0 Å². The van der Waals surface area contributed by atoms with Crippen LogP contribution in [0.4, 0.5) is 0 Å². The van der Waals surface area contributed by atoms with E-state index < -0.39 is 29.3 Å². The number of nitrogens with one attached hydrogen (secondary N) is 2. The fraction of sp³-hybridized carbons (Fsp3) is 0.524. The van der Waals surface area contributed by atoms with E-state index in [1.807, 2.05) is 36.7 Å². The summed E-state index contributed by atoms with van der Waals surface area (Å²) in [5, 5.41) is 19.5. The van der Waals surface area contributed by atoms with Crippen LogP contribution in [0.5, 0.6) is 11.5 Å². The molecule has 2 aromatic heterocycles. The van der Waals surface area contributed by atoms with Gasteiger partial charge in [-0.25, -0.2) is 0 Å². The summed E-state index contributed by atoms with van der Waals surface area (Å²) in [6, 6.07) is 12.0. The second kappa shape index (κ2) is 21.3. The molecule has 4 rings (SSSR count). The van der Waals surface area contributed by atoms with Gasteiger partial charge in [-0.3, -0.25) is 24.1 Å². The Kier molecular flexibility index (Phi) is 17.9. The zero-order valence-electron chi connectivity index (χ0n) is 32.6. The number of aliphatic carboxylic acids is 2. The Bertz CT molecular complexity index is 1810. The van der Waals surface area contributed by atoms with Gasteiger partial charge in [-0.05, 0) is 94.4 Å². The summed E-state index contributed by atoms with van der Waals surface area (Å²) in [4.78, 5) is 57.2. The van der Waals surface area contributed by atoms with Crippen molar-refractivity contribution in [1.82, 2.24) is 19.8 Å². The van der Waals surface area contributed by atoms with Crippen LogP contribution in [-0.2, 0) is 32.0 Å². The minimum atomic E-state index is -1.01. The maximum atomic E-state index is 12.5. The third kappa shape index (κ3) is 13.6. The van der Waals surface area contributed by atoms with Crippen LogP contribution in [0.25, 0.3) is 21.8 Å². The SMILES string of the molecule is C.CC(C)N(CCc1c[nH]c2cccc(OC(=O)CC(C)(C)CC(=O)O)c12)C(C)C.CCN(CC)CCc1c[nH]c2cccc(OC(=O)CCC(=O)O)c12. The summed E-state index contributed by atoms with van der Waals surface area (Å²) < 4.78 is 11.1. The molecular formula is C42H62N4O8. The standard InChI is InChI=1S/C23H34N2O4.C18H24N2O4.CH4/c1-15(2)25(16(3)4)11-10-17-14-24-18-8-7-9-19(22(17)18)29-21(28)13-23(5,6)12-20(26)27;1-3-20(4-2)11-10-13-12-19-14-6-5-7-15(18(13)14)24-17(23)9-8-16(21)22;/h7-9,14-16,24H,10-13H2,1-6H3,(H,26,27);5-7,12,19H,3-4,8-11H2,1-2H3,(H,21,22);1H4. The van der Waals surface area contributed by atoms with E-state index >= 15 is 0 Å². The summed E-state index contributed by atoms with van der Waals surface area (Å²) in [5.74, 6) is -1.86. The molecule has 0 aliphatic rings. The van der Waals surface area contributed by atoms with Gasteiger partial charge in [-0.2, -0.15) is 0 Å². The summed E-state index contributed by atoms with van der Waals surface area (Å²) in [7, 11) is 0. The number of carbonyl (C=O) groups excluding carboxylic acids is 2. The molecule has 0 spiro atoms. The van der Waals surface area contributed by atoms with Crippen molar-refractivity contribution in [3.05, 3.63) is 59.9 Å². The number of rotatable bonds is 19. The Balaban J connectivity index is 0.000000373. The van der Waals surface area contributed by atoms with Gasteiger partial charge in [0.05, 0.1) is 25.7 Å². The number of aromatic nitrogens is 2. The van der Waals surface area contributed by atoms with E-state index in [4.69, 9.17) is 19.7 Å².